The Bertz CT molecular complexity index is 638. The summed E-state index contributed by atoms with van der Waals surface area (Å²) in [6.45, 7) is 2.03. The van der Waals surface area contributed by atoms with Crippen molar-refractivity contribution in [1.82, 2.24) is 0 Å². The van der Waals surface area contributed by atoms with Crippen molar-refractivity contribution in [3.8, 4) is 11.5 Å². The van der Waals surface area contributed by atoms with Crippen molar-refractivity contribution in [2.75, 3.05) is 13.7 Å². The van der Waals surface area contributed by atoms with E-state index in [2.05, 4.69) is 0 Å². The van der Waals surface area contributed by atoms with Gasteiger partial charge >= 0.3 is 0 Å². The number of hydrogen-bond donors (Lipinski definition) is 0. The van der Waals surface area contributed by atoms with Gasteiger partial charge in [-0.05, 0) is 36.2 Å². The van der Waals surface area contributed by atoms with Gasteiger partial charge in [0.05, 0.1) is 12.1 Å². The maximum atomic E-state index is 12.1. The molecule has 3 nitrogen and oxygen atoms in total. The second kappa shape index (κ2) is 7.14. The molecule has 2 aromatic rings. The lowest BCUT2D eigenvalue weighted by Crippen LogP contribution is -2.12. The Morgan fingerprint density at radius 3 is 2.57 bits per heavy atom. The van der Waals surface area contributed by atoms with Gasteiger partial charge in [0.1, 0.15) is 11.5 Å². The maximum Gasteiger partial charge on any atom is 0.200 e. The van der Waals surface area contributed by atoms with Crippen molar-refractivity contribution in [3.63, 3.8) is 0 Å². The number of rotatable bonds is 6. The van der Waals surface area contributed by atoms with E-state index in [-0.39, 0.29) is 12.4 Å². The fourth-order valence-electron chi connectivity index (χ4n) is 2.00. The molecule has 0 spiro atoms. The van der Waals surface area contributed by atoms with Gasteiger partial charge in [-0.3, -0.25) is 4.79 Å². The molecule has 0 unspecified atom stereocenters. The van der Waals surface area contributed by atoms with E-state index >= 15 is 0 Å². The molecule has 0 saturated heterocycles. The van der Waals surface area contributed by atoms with Crippen LogP contribution in [0.4, 0.5) is 0 Å². The average molecular weight is 305 g/mol. The van der Waals surface area contributed by atoms with E-state index < -0.39 is 0 Å². The lowest BCUT2D eigenvalue weighted by Gasteiger charge is -2.10. The quantitative estimate of drug-likeness (QED) is 0.751. The maximum absolute atomic E-state index is 12.1. The summed E-state index contributed by atoms with van der Waals surface area (Å²) in [7, 11) is 1.54. The van der Waals surface area contributed by atoms with Crippen LogP contribution in [-0.2, 0) is 6.42 Å². The molecule has 0 heterocycles. The number of methoxy groups -OCH3 is 1. The molecule has 0 radical (unpaired) electrons. The number of halogens is 1. The Labute approximate surface area is 129 Å². The summed E-state index contributed by atoms with van der Waals surface area (Å²) in [5.41, 5.74) is 1.59. The zero-order chi connectivity index (χ0) is 15.2. The molecule has 0 bridgehead atoms. The van der Waals surface area contributed by atoms with Crippen LogP contribution >= 0.6 is 11.6 Å². The van der Waals surface area contributed by atoms with E-state index in [0.29, 0.717) is 16.3 Å². The summed E-state index contributed by atoms with van der Waals surface area (Å²) in [6.07, 6.45) is 0.860. The molecular weight excluding hydrogens is 288 g/mol. The Balaban J connectivity index is 2.06. The highest BCUT2D eigenvalue weighted by Crippen LogP contribution is 2.25. The van der Waals surface area contributed by atoms with Crippen LogP contribution in [0.3, 0.4) is 0 Å². The Morgan fingerprint density at radius 1 is 1.14 bits per heavy atom. The van der Waals surface area contributed by atoms with Crippen LogP contribution in [0.25, 0.3) is 0 Å². The van der Waals surface area contributed by atoms with E-state index in [0.717, 1.165) is 17.7 Å². The number of carbonyl (C=O) groups excluding carboxylic acids is 1. The molecule has 0 aliphatic heterocycles. The third kappa shape index (κ3) is 3.76. The predicted molar refractivity (Wildman–Crippen MR) is 83.6 cm³/mol. The number of ketones is 1. The first-order chi connectivity index (χ1) is 10.2. The fraction of sp³-hybridized carbons (Fsp3) is 0.235. The van der Waals surface area contributed by atoms with Crippen LogP contribution in [0.5, 0.6) is 11.5 Å². The summed E-state index contributed by atoms with van der Waals surface area (Å²) in [5, 5.41) is 0.414. The van der Waals surface area contributed by atoms with E-state index in [9.17, 15) is 4.79 Å². The second-order valence-corrected chi connectivity index (χ2v) is 4.93. The van der Waals surface area contributed by atoms with Crippen LogP contribution in [0.1, 0.15) is 22.8 Å². The van der Waals surface area contributed by atoms with Gasteiger partial charge in [0.2, 0.25) is 0 Å². The monoisotopic (exact) mass is 304 g/mol. The minimum atomic E-state index is -0.120. The van der Waals surface area contributed by atoms with Crippen molar-refractivity contribution < 1.29 is 14.3 Å². The Morgan fingerprint density at radius 2 is 1.90 bits per heavy atom. The number of benzene rings is 2. The minimum Gasteiger partial charge on any atom is -0.495 e. The normalized spacial score (nSPS) is 10.2. The van der Waals surface area contributed by atoms with E-state index in [4.69, 9.17) is 21.1 Å². The van der Waals surface area contributed by atoms with E-state index in [1.54, 1.807) is 18.2 Å². The number of aryl methyl sites for hydroxylation is 1. The molecule has 0 atom stereocenters. The minimum absolute atomic E-state index is 0.0142. The Kier molecular flexibility index (Phi) is 5.23. The summed E-state index contributed by atoms with van der Waals surface area (Å²) in [4.78, 5) is 12.1. The van der Waals surface area contributed by atoms with Crippen molar-refractivity contribution in [2.45, 2.75) is 13.3 Å². The van der Waals surface area contributed by atoms with Gasteiger partial charge in [-0.2, -0.15) is 0 Å². The van der Waals surface area contributed by atoms with Crippen LogP contribution in [0.15, 0.2) is 42.5 Å². The van der Waals surface area contributed by atoms with Gasteiger partial charge in [-0.15, -0.1) is 0 Å². The first-order valence-electron chi connectivity index (χ1n) is 6.73. The number of para-hydroxylation sites is 1. The molecule has 0 saturated carbocycles. The first kappa shape index (κ1) is 15.4. The number of carbonyl (C=O) groups is 1. The van der Waals surface area contributed by atoms with E-state index in [1.807, 2.05) is 31.2 Å². The van der Waals surface area contributed by atoms with Gasteiger partial charge in [-0.1, -0.05) is 36.7 Å². The van der Waals surface area contributed by atoms with Gasteiger partial charge in [0, 0.05) is 5.56 Å². The third-order valence-corrected chi connectivity index (χ3v) is 3.48. The van der Waals surface area contributed by atoms with Gasteiger partial charge in [0.25, 0.3) is 0 Å². The van der Waals surface area contributed by atoms with Crippen molar-refractivity contribution >= 4 is 17.4 Å². The predicted octanol–water partition coefficient (Wildman–Crippen LogP) is 4.17. The van der Waals surface area contributed by atoms with Crippen LogP contribution in [0, 0.1) is 0 Å². The SMILES string of the molecule is CCc1ccccc1OCC(=O)c1ccc(OC)c(Cl)c1. The molecule has 4 heteroatoms. The Hall–Kier alpha value is -2.00. The number of ether oxygens (including phenoxy) is 2. The van der Waals surface area contributed by atoms with Crippen molar-refractivity contribution in [3.05, 3.63) is 58.6 Å². The highest BCUT2D eigenvalue weighted by Gasteiger charge is 2.11. The van der Waals surface area contributed by atoms with Crippen molar-refractivity contribution in [2.24, 2.45) is 0 Å². The number of hydrogen-bond acceptors (Lipinski definition) is 3. The molecule has 0 fully saturated rings. The molecular formula is C17H17ClO3. The first-order valence-corrected chi connectivity index (χ1v) is 7.11. The average Bonchev–Trinajstić information content (AvgIpc) is 2.52. The smallest absolute Gasteiger partial charge is 0.200 e. The molecule has 110 valence electrons. The molecule has 2 aromatic carbocycles. The summed E-state index contributed by atoms with van der Waals surface area (Å²) in [6, 6.07) is 12.7. The molecule has 0 amide bonds. The molecule has 21 heavy (non-hydrogen) atoms. The molecule has 0 aromatic heterocycles. The van der Waals surface area contributed by atoms with Gasteiger partial charge in [-0.25, -0.2) is 0 Å². The van der Waals surface area contributed by atoms with Gasteiger partial charge in [0.15, 0.2) is 12.4 Å². The summed E-state index contributed by atoms with van der Waals surface area (Å²) < 4.78 is 10.7. The van der Waals surface area contributed by atoms with Crippen LogP contribution in [-0.4, -0.2) is 19.5 Å². The summed E-state index contributed by atoms with van der Waals surface area (Å²) in [5.74, 6) is 1.17. The van der Waals surface area contributed by atoms with Gasteiger partial charge < -0.3 is 9.47 Å². The highest BCUT2D eigenvalue weighted by atomic mass is 35.5. The largest absolute Gasteiger partial charge is 0.495 e. The molecule has 0 aliphatic rings. The molecule has 0 N–H and O–H groups in total. The van der Waals surface area contributed by atoms with Crippen LogP contribution in [0.2, 0.25) is 5.02 Å². The molecule has 0 aliphatic carbocycles. The van der Waals surface area contributed by atoms with Crippen molar-refractivity contribution in [1.29, 1.82) is 0 Å². The number of Topliss-reactive ketones (excluding diaryl/α,β-unsaturated/α-hetero) is 1. The van der Waals surface area contributed by atoms with E-state index in [1.165, 1.54) is 7.11 Å². The zero-order valence-electron chi connectivity index (χ0n) is 12.1. The molecule has 2 rings (SSSR count). The zero-order valence-corrected chi connectivity index (χ0v) is 12.8. The third-order valence-electron chi connectivity index (χ3n) is 3.19. The lowest BCUT2D eigenvalue weighted by molar-refractivity contribution is 0.0921. The lowest BCUT2D eigenvalue weighted by atomic mass is 10.1. The summed E-state index contributed by atoms with van der Waals surface area (Å²) >= 11 is 6.02. The standard InChI is InChI=1S/C17H17ClO3/c1-3-12-6-4-5-7-16(12)21-11-15(19)13-8-9-17(20-2)14(18)10-13/h4-10H,3,11H2,1-2H3. The highest BCUT2D eigenvalue weighted by molar-refractivity contribution is 6.32. The second-order valence-electron chi connectivity index (χ2n) is 4.52. The fourth-order valence-corrected chi connectivity index (χ4v) is 2.26. The topological polar surface area (TPSA) is 35.5 Å². The van der Waals surface area contributed by atoms with Crippen LogP contribution < -0.4 is 9.47 Å².